The van der Waals surface area contributed by atoms with E-state index >= 15 is 0 Å². The van der Waals surface area contributed by atoms with Crippen LogP contribution in [-0.2, 0) is 14.3 Å². The van der Waals surface area contributed by atoms with Gasteiger partial charge >= 0.3 is 0 Å². The fourth-order valence-corrected chi connectivity index (χ4v) is 2.73. The molecule has 0 heterocycles. The number of carbonyl (C=O) groups excluding carboxylic acids is 2. The quantitative estimate of drug-likeness (QED) is 0.0741. The molecule has 0 saturated heterocycles. The Kier molecular flexibility index (Phi) is 15.3. The third-order valence-corrected chi connectivity index (χ3v) is 5.84. The van der Waals surface area contributed by atoms with Crippen molar-refractivity contribution in [3.63, 3.8) is 0 Å². The van der Waals surface area contributed by atoms with Crippen molar-refractivity contribution < 1.29 is 24.7 Å². The van der Waals surface area contributed by atoms with Gasteiger partial charge in [-0.3, -0.25) is 9.59 Å². The third kappa shape index (κ3) is 13.5. The van der Waals surface area contributed by atoms with Crippen molar-refractivity contribution in [1.82, 2.24) is 21.3 Å². The smallest absolute Gasteiger partial charge is 0.220 e. The van der Waals surface area contributed by atoms with Gasteiger partial charge in [-0.15, -0.1) is 0 Å². The third-order valence-electron chi connectivity index (χ3n) is 5.84. The van der Waals surface area contributed by atoms with Gasteiger partial charge in [-0.05, 0) is 41.0 Å². The van der Waals surface area contributed by atoms with Crippen molar-refractivity contribution >= 4 is 23.2 Å². The van der Waals surface area contributed by atoms with Gasteiger partial charge in [0.05, 0.1) is 23.6 Å². The van der Waals surface area contributed by atoms with Crippen LogP contribution in [0.2, 0.25) is 0 Å². The summed E-state index contributed by atoms with van der Waals surface area (Å²) in [6.07, 6.45) is 1.12. The summed E-state index contributed by atoms with van der Waals surface area (Å²) in [5, 5.41) is 37.1. The lowest BCUT2D eigenvalue weighted by atomic mass is 9.87. The van der Waals surface area contributed by atoms with E-state index < -0.39 is 11.0 Å². The number of hydrogen-bond acceptors (Lipinski definition) is 9. The second-order valence-electron chi connectivity index (χ2n) is 9.56. The number of hydrogen-bond donors (Lipinski definition) is 6. The first kappa shape index (κ1) is 31.8. The molecule has 0 aliphatic rings. The van der Waals surface area contributed by atoms with Gasteiger partial charge in [-0.25, -0.2) is 0 Å². The number of nitrogens with one attached hydrogen (secondary N) is 4. The molecule has 0 rings (SSSR count). The first-order chi connectivity index (χ1) is 15.9. The van der Waals surface area contributed by atoms with Crippen LogP contribution < -0.4 is 21.3 Å². The Morgan fingerprint density at radius 2 is 1.56 bits per heavy atom. The lowest BCUT2D eigenvalue weighted by Crippen LogP contribution is -2.55. The minimum Gasteiger partial charge on any atom is -0.411 e. The van der Waals surface area contributed by atoms with E-state index in [1.165, 1.54) is 0 Å². The zero-order chi connectivity index (χ0) is 26.2. The number of oxime groups is 2. The lowest BCUT2D eigenvalue weighted by Gasteiger charge is -2.36. The monoisotopic (exact) mass is 486 g/mol. The molecule has 0 radical (unpaired) electrons. The van der Waals surface area contributed by atoms with Crippen molar-refractivity contribution in [2.45, 2.75) is 79.3 Å². The molecular formula is C23H46N6O5. The molecule has 2 unspecified atom stereocenters. The summed E-state index contributed by atoms with van der Waals surface area (Å²) < 4.78 is 5.32. The van der Waals surface area contributed by atoms with Crippen LogP contribution >= 0.6 is 0 Å². The summed E-state index contributed by atoms with van der Waals surface area (Å²) >= 11 is 0. The summed E-state index contributed by atoms with van der Waals surface area (Å²) in [7, 11) is 0. The highest BCUT2D eigenvalue weighted by atomic mass is 16.5. The number of carbonyl (C=O) groups is 2. The molecule has 0 aromatic rings. The predicted octanol–water partition coefficient (Wildman–Crippen LogP) is 1.48. The number of nitrogens with zero attached hydrogens (tertiary/aromatic N) is 2. The Bertz CT molecular complexity index is 683. The van der Waals surface area contributed by atoms with Gasteiger partial charge in [-0.1, -0.05) is 24.2 Å². The van der Waals surface area contributed by atoms with E-state index in [9.17, 15) is 9.59 Å². The number of amides is 2. The van der Waals surface area contributed by atoms with E-state index in [1.54, 1.807) is 13.8 Å². The molecule has 0 aromatic heterocycles. The van der Waals surface area contributed by atoms with Crippen LogP contribution in [0.3, 0.4) is 0 Å². The molecule has 11 heteroatoms. The molecule has 0 saturated carbocycles. The van der Waals surface area contributed by atoms with Gasteiger partial charge in [0.1, 0.15) is 0 Å². The molecule has 198 valence electrons. The van der Waals surface area contributed by atoms with E-state index in [4.69, 9.17) is 15.2 Å². The van der Waals surface area contributed by atoms with Gasteiger partial charge in [0.2, 0.25) is 11.8 Å². The van der Waals surface area contributed by atoms with Crippen molar-refractivity contribution in [1.29, 1.82) is 0 Å². The van der Waals surface area contributed by atoms with E-state index in [0.29, 0.717) is 50.8 Å². The summed E-state index contributed by atoms with van der Waals surface area (Å²) in [5.41, 5.74) is 0.113. The average molecular weight is 487 g/mol. The minimum atomic E-state index is -0.549. The molecule has 0 aromatic carbocycles. The van der Waals surface area contributed by atoms with Crippen LogP contribution in [0.25, 0.3) is 0 Å². The van der Waals surface area contributed by atoms with Crippen LogP contribution in [0.5, 0.6) is 0 Å². The molecule has 0 aliphatic carbocycles. The van der Waals surface area contributed by atoms with Crippen molar-refractivity contribution in [3.05, 3.63) is 0 Å². The van der Waals surface area contributed by atoms with E-state index in [1.807, 2.05) is 34.6 Å². The summed E-state index contributed by atoms with van der Waals surface area (Å²) in [5.74, 6) is -0.397. The van der Waals surface area contributed by atoms with Gasteiger partial charge in [0.15, 0.2) is 0 Å². The molecule has 0 spiro atoms. The Morgan fingerprint density at radius 1 is 0.941 bits per heavy atom. The SMILES string of the molecule is CCCOCCNC(=O)CCC(=O)NCC(C)(CNC(C)/C(C)=N/O)CNC(C)(C)/C(C)=N/O. The molecule has 34 heavy (non-hydrogen) atoms. The first-order valence-corrected chi connectivity index (χ1v) is 11.9. The maximum absolute atomic E-state index is 12.4. The summed E-state index contributed by atoms with van der Waals surface area (Å²) in [4.78, 5) is 24.3. The van der Waals surface area contributed by atoms with E-state index in [0.717, 1.165) is 6.42 Å². The van der Waals surface area contributed by atoms with Gasteiger partial charge in [-0.2, -0.15) is 0 Å². The first-order valence-electron chi connectivity index (χ1n) is 11.9. The van der Waals surface area contributed by atoms with Crippen LogP contribution in [0, 0.1) is 5.41 Å². The Morgan fingerprint density at radius 3 is 2.12 bits per heavy atom. The predicted molar refractivity (Wildman–Crippen MR) is 134 cm³/mol. The summed E-state index contributed by atoms with van der Waals surface area (Å²) in [6, 6.07) is -0.154. The Labute approximate surface area is 204 Å². The molecular weight excluding hydrogens is 440 g/mol. The topological polar surface area (TPSA) is 157 Å². The van der Waals surface area contributed by atoms with Gasteiger partial charge in [0.25, 0.3) is 0 Å². The molecule has 0 bridgehead atoms. The fraction of sp³-hybridized carbons (Fsp3) is 0.826. The zero-order valence-corrected chi connectivity index (χ0v) is 22.0. The average Bonchev–Trinajstić information content (AvgIpc) is 2.82. The number of rotatable bonds is 18. The molecule has 2 atom stereocenters. The van der Waals surface area contributed by atoms with E-state index in [-0.39, 0.29) is 30.7 Å². The fourth-order valence-electron chi connectivity index (χ4n) is 2.73. The van der Waals surface area contributed by atoms with Crippen LogP contribution in [0.15, 0.2) is 10.3 Å². The molecule has 2 amide bonds. The van der Waals surface area contributed by atoms with Crippen molar-refractivity contribution in [3.8, 4) is 0 Å². The maximum Gasteiger partial charge on any atom is 0.220 e. The van der Waals surface area contributed by atoms with Crippen molar-refractivity contribution in [2.24, 2.45) is 15.7 Å². The Balaban J connectivity index is 4.84. The summed E-state index contributed by atoms with van der Waals surface area (Å²) in [6.45, 7) is 16.1. The second kappa shape index (κ2) is 16.4. The van der Waals surface area contributed by atoms with Crippen LogP contribution in [0.1, 0.15) is 67.7 Å². The highest BCUT2D eigenvalue weighted by Gasteiger charge is 2.30. The molecule has 0 aliphatic heterocycles. The molecule has 6 N–H and O–H groups in total. The molecule has 0 fully saturated rings. The second-order valence-corrected chi connectivity index (χ2v) is 9.56. The van der Waals surface area contributed by atoms with Crippen LogP contribution in [0.4, 0.5) is 0 Å². The Hall–Kier alpha value is -2.24. The highest BCUT2D eigenvalue weighted by Crippen LogP contribution is 2.16. The van der Waals surface area contributed by atoms with Crippen molar-refractivity contribution in [2.75, 3.05) is 39.4 Å². The zero-order valence-electron chi connectivity index (χ0n) is 22.0. The van der Waals surface area contributed by atoms with Gasteiger partial charge in [0, 0.05) is 57.1 Å². The molecule has 11 nitrogen and oxygen atoms in total. The minimum absolute atomic E-state index is 0.0903. The van der Waals surface area contributed by atoms with E-state index in [2.05, 4.69) is 31.6 Å². The van der Waals surface area contributed by atoms with Crippen LogP contribution in [-0.4, -0.2) is 84.6 Å². The maximum atomic E-state index is 12.4. The normalized spacial score (nSPS) is 15.5. The largest absolute Gasteiger partial charge is 0.411 e. The standard InChI is InChI=1S/C23H46N6O5/c1-8-12-34-13-11-24-20(30)9-10-21(31)26-15-23(7,14-25-17(2)18(3)28-32)16-27-22(5,6)19(4)29-33/h17,25,27,32-33H,8-16H2,1-7H3,(H,24,30)(H,26,31)/b28-18+,29-19+. The highest BCUT2D eigenvalue weighted by molar-refractivity contribution is 5.90. The number of ether oxygens (including phenoxy) is 1. The van der Waals surface area contributed by atoms with Gasteiger partial charge < -0.3 is 36.4 Å². The lowest BCUT2D eigenvalue weighted by molar-refractivity contribution is -0.126.